The van der Waals surface area contributed by atoms with E-state index in [1.165, 1.54) is 0 Å². The Balaban J connectivity index is 2.56. The van der Waals surface area contributed by atoms with Crippen LogP contribution in [-0.2, 0) is 23.8 Å². The van der Waals surface area contributed by atoms with Gasteiger partial charge < -0.3 is 24.1 Å². The molecule has 0 unspecified atom stereocenters. The fraction of sp³-hybridized carbons (Fsp3) is 0.833. The third-order valence-electron chi connectivity index (χ3n) is 7.99. The highest BCUT2D eigenvalue weighted by Gasteiger charge is 2.65. The van der Waals surface area contributed by atoms with Gasteiger partial charge in [-0.15, -0.1) is 6.58 Å². The number of methoxy groups -OCH3 is 2. The minimum Gasteiger partial charge on any atom is -0.384 e. The first kappa shape index (κ1) is 25.2. The molecule has 0 aromatic rings. The van der Waals surface area contributed by atoms with Crippen molar-refractivity contribution >= 4 is 12.1 Å². The van der Waals surface area contributed by atoms with E-state index in [0.717, 1.165) is 12.7 Å². The number of aldehydes is 1. The first-order valence-corrected chi connectivity index (χ1v) is 11.1. The van der Waals surface area contributed by atoms with Crippen molar-refractivity contribution in [2.24, 2.45) is 35.0 Å². The minimum absolute atomic E-state index is 0.0341. The molecule has 2 aliphatic carbocycles. The lowest BCUT2D eigenvalue weighted by Gasteiger charge is -2.46. The molecule has 2 rings (SSSR count). The standard InChI is InChI=1S/C24H40O6/c1-8-24(27)19(16(2)3)10-11-22(24,5)21(26)20-18(17(4)13-25)9-12-23(20,14-28-6)30-15-29-7/h8,13,16-20,27H,1,9-12,14-15H2,2-7H3/t17-,18-,19-,20+,22+,23-,24-/m0/s1. The van der Waals surface area contributed by atoms with E-state index in [2.05, 4.69) is 20.4 Å². The highest BCUT2D eigenvalue weighted by molar-refractivity contribution is 5.91. The van der Waals surface area contributed by atoms with Crippen molar-refractivity contribution in [3.8, 4) is 0 Å². The largest absolute Gasteiger partial charge is 0.384 e. The first-order valence-electron chi connectivity index (χ1n) is 11.1. The Morgan fingerprint density at radius 3 is 2.37 bits per heavy atom. The highest BCUT2D eigenvalue weighted by Crippen LogP contribution is 2.58. The van der Waals surface area contributed by atoms with Gasteiger partial charge in [-0.25, -0.2) is 0 Å². The molecule has 30 heavy (non-hydrogen) atoms. The highest BCUT2D eigenvalue weighted by atomic mass is 16.7. The van der Waals surface area contributed by atoms with Crippen LogP contribution in [0.2, 0.25) is 0 Å². The van der Waals surface area contributed by atoms with Gasteiger partial charge in [0.1, 0.15) is 24.5 Å². The quantitative estimate of drug-likeness (QED) is 0.311. The fourth-order valence-corrected chi connectivity index (χ4v) is 6.17. The maximum atomic E-state index is 14.3. The van der Waals surface area contributed by atoms with Gasteiger partial charge in [0.15, 0.2) is 0 Å². The van der Waals surface area contributed by atoms with Gasteiger partial charge in [0.2, 0.25) is 0 Å². The summed E-state index contributed by atoms with van der Waals surface area (Å²) >= 11 is 0. The van der Waals surface area contributed by atoms with E-state index in [1.807, 2.05) is 13.8 Å². The number of carbonyl (C=O) groups excluding carboxylic acids is 2. The van der Waals surface area contributed by atoms with Crippen molar-refractivity contribution in [2.45, 2.75) is 64.6 Å². The summed E-state index contributed by atoms with van der Waals surface area (Å²) in [6, 6.07) is 0. The molecule has 0 aromatic heterocycles. The molecule has 1 N–H and O–H groups in total. The van der Waals surface area contributed by atoms with E-state index in [-0.39, 0.29) is 42.9 Å². The van der Waals surface area contributed by atoms with Crippen molar-refractivity contribution < 1.29 is 28.9 Å². The second-order valence-corrected chi connectivity index (χ2v) is 9.84. The molecule has 0 aromatic carbocycles. The minimum atomic E-state index is -1.31. The Labute approximate surface area is 181 Å². The predicted molar refractivity (Wildman–Crippen MR) is 115 cm³/mol. The summed E-state index contributed by atoms with van der Waals surface area (Å²) in [5.41, 5.74) is -3.20. The number of hydrogen-bond acceptors (Lipinski definition) is 6. The molecular weight excluding hydrogens is 384 g/mol. The van der Waals surface area contributed by atoms with E-state index in [0.29, 0.717) is 19.3 Å². The second-order valence-electron chi connectivity index (χ2n) is 9.84. The summed E-state index contributed by atoms with van der Waals surface area (Å²) in [4.78, 5) is 26.0. The average Bonchev–Trinajstić information content (AvgIpc) is 3.22. The van der Waals surface area contributed by atoms with Gasteiger partial charge in [-0.1, -0.05) is 26.8 Å². The lowest BCUT2D eigenvalue weighted by Crippen LogP contribution is -2.58. The van der Waals surface area contributed by atoms with E-state index in [4.69, 9.17) is 14.2 Å². The van der Waals surface area contributed by atoms with Crippen LogP contribution in [0.1, 0.15) is 53.4 Å². The molecule has 0 spiro atoms. The molecule has 0 saturated heterocycles. The molecule has 0 radical (unpaired) electrons. The molecule has 0 heterocycles. The normalized spacial score (nSPS) is 39.9. The van der Waals surface area contributed by atoms with E-state index >= 15 is 0 Å². The number of aliphatic hydroxyl groups is 1. The summed E-state index contributed by atoms with van der Waals surface area (Å²) in [5, 5.41) is 11.7. The Hall–Kier alpha value is -1.08. The van der Waals surface area contributed by atoms with Crippen LogP contribution < -0.4 is 0 Å². The molecule has 7 atom stereocenters. The Bertz CT molecular complexity index is 633. The average molecular weight is 425 g/mol. The van der Waals surface area contributed by atoms with E-state index in [9.17, 15) is 14.7 Å². The monoisotopic (exact) mass is 424 g/mol. The first-order chi connectivity index (χ1) is 14.1. The smallest absolute Gasteiger partial charge is 0.148 e. The summed E-state index contributed by atoms with van der Waals surface area (Å²) in [7, 11) is 3.13. The fourth-order valence-electron chi connectivity index (χ4n) is 6.17. The molecule has 0 aliphatic heterocycles. The van der Waals surface area contributed by atoms with Gasteiger partial charge in [-0.2, -0.15) is 0 Å². The predicted octanol–water partition coefficient (Wildman–Crippen LogP) is 3.41. The van der Waals surface area contributed by atoms with Crippen molar-refractivity contribution in [3.05, 3.63) is 12.7 Å². The molecule has 172 valence electrons. The lowest BCUT2D eigenvalue weighted by atomic mass is 9.62. The van der Waals surface area contributed by atoms with Crippen molar-refractivity contribution in [2.75, 3.05) is 27.6 Å². The van der Waals surface area contributed by atoms with Crippen LogP contribution in [0.5, 0.6) is 0 Å². The van der Waals surface area contributed by atoms with Gasteiger partial charge in [0.05, 0.1) is 23.5 Å². The van der Waals surface area contributed by atoms with Crippen LogP contribution in [0.15, 0.2) is 12.7 Å². The van der Waals surface area contributed by atoms with Crippen LogP contribution >= 0.6 is 0 Å². The SMILES string of the molecule is C=C[C@]1(O)[C@H](C(C)C)CC[C@]1(C)C(=O)[C@H]1[C@H]([C@@H](C)C=O)CC[C@@]1(COC)OCOC. The molecule has 6 heteroatoms. The van der Waals surface area contributed by atoms with Gasteiger partial charge in [-0.05, 0) is 50.4 Å². The number of rotatable bonds is 11. The lowest BCUT2D eigenvalue weighted by molar-refractivity contribution is -0.188. The maximum Gasteiger partial charge on any atom is 0.148 e. The molecule has 0 amide bonds. The third kappa shape index (κ3) is 3.92. The molecule has 6 nitrogen and oxygen atoms in total. The van der Waals surface area contributed by atoms with Gasteiger partial charge >= 0.3 is 0 Å². The van der Waals surface area contributed by atoms with Gasteiger partial charge in [-0.3, -0.25) is 4.79 Å². The topological polar surface area (TPSA) is 82.1 Å². The van der Waals surface area contributed by atoms with Crippen molar-refractivity contribution in [1.82, 2.24) is 0 Å². The van der Waals surface area contributed by atoms with Crippen molar-refractivity contribution in [1.29, 1.82) is 0 Å². The summed E-state index contributed by atoms with van der Waals surface area (Å²) in [6.07, 6.45) is 5.07. The van der Waals surface area contributed by atoms with Crippen LogP contribution in [-0.4, -0.2) is 56.0 Å². The molecular formula is C24H40O6. The zero-order valence-electron chi connectivity index (χ0n) is 19.5. The number of ether oxygens (including phenoxy) is 3. The Kier molecular flexibility index (Phi) is 8.05. The van der Waals surface area contributed by atoms with Gasteiger partial charge in [0.25, 0.3) is 0 Å². The molecule has 0 bridgehead atoms. The number of ketones is 1. The third-order valence-corrected chi connectivity index (χ3v) is 7.99. The van der Waals surface area contributed by atoms with E-state index in [1.54, 1.807) is 20.3 Å². The molecule has 2 aliphatic rings. The van der Waals surface area contributed by atoms with Gasteiger partial charge in [0, 0.05) is 20.1 Å². The number of hydrogen-bond donors (Lipinski definition) is 1. The van der Waals surface area contributed by atoms with Crippen LogP contribution in [0.25, 0.3) is 0 Å². The molecule has 2 fully saturated rings. The number of carbonyl (C=O) groups is 2. The van der Waals surface area contributed by atoms with Crippen molar-refractivity contribution in [3.63, 3.8) is 0 Å². The van der Waals surface area contributed by atoms with Crippen LogP contribution in [0.3, 0.4) is 0 Å². The summed E-state index contributed by atoms with van der Waals surface area (Å²) in [5.74, 6) is -0.946. The van der Waals surface area contributed by atoms with Crippen LogP contribution in [0, 0.1) is 35.0 Å². The second kappa shape index (κ2) is 9.60. The van der Waals surface area contributed by atoms with E-state index < -0.39 is 22.5 Å². The van der Waals surface area contributed by atoms with Crippen LogP contribution in [0.4, 0.5) is 0 Å². The zero-order chi connectivity index (χ0) is 22.7. The Morgan fingerprint density at radius 2 is 1.87 bits per heavy atom. The summed E-state index contributed by atoms with van der Waals surface area (Å²) < 4.78 is 16.8. The maximum absolute atomic E-state index is 14.3. The zero-order valence-corrected chi connectivity index (χ0v) is 19.5. The number of Topliss-reactive ketones (excluding diaryl/α,β-unsaturated/α-hetero) is 1. The summed E-state index contributed by atoms with van der Waals surface area (Å²) in [6.45, 7) is 12.0. The Morgan fingerprint density at radius 1 is 1.20 bits per heavy atom. The molecule has 2 saturated carbocycles.